The van der Waals surface area contributed by atoms with Gasteiger partial charge in [0.15, 0.2) is 0 Å². The van der Waals surface area contributed by atoms with Crippen LogP contribution < -0.4 is 0 Å². The average Bonchev–Trinajstić information content (AvgIpc) is 2.50. The van der Waals surface area contributed by atoms with Crippen LogP contribution in [0.3, 0.4) is 0 Å². The summed E-state index contributed by atoms with van der Waals surface area (Å²) >= 11 is 5.58. The maximum absolute atomic E-state index is 10.8. The van der Waals surface area contributed by atoms with Gasteiger partial charge < -0.3 is 4.79 Å². The van der Waals surface area contributed by atoms with Gasteiger partial charge in [0, 0.05) is 11.3 Å². The van der Waals surface area contributed by atoms with E-state index in [-0.39, 0.29) is 5.41 Å². The quantitative estimate of drug-likeness (QED) is 0.473. The van der Waals surface area contributed by atoms with Crippen LogP contribution in [0.4, 0.5) is 0 Å². The second-order valence-electron chi connectivity index (χ2n) is 3.48. The summed E-state index contributed by atoms with van der Waals surface area (Å²) < 4.78 is 0. The van der Waals surface area contributed by atoms with Crippen molar-refractivity contribution >= 4 is 17.9 Å². The first kappa shape index (κ1) is 9.05. The summed E-state index contributed by atoms with van der Waals surface area (Å²) in [5, 5.41) is 0. The third kappa shape index (κ3) is 2.19. The molecule has 0 heterocycles. The first-order valence-electron chi connectivity index (χ1n) is 4.35. The van der Waals surface area contributed by atoms with Crippen LogP contribution in [0.25, 0.3) is 0 Å². The molecule has 1 aliphatic carbocycles. The molecule has 0 unspecified atom stereocenters. The first-order valence-corrected chi connectivity index (χ1v) is 4.89. The van der Waals surface area contributed by atoms with Gasteiger partial charge in [0.1, 0.15) is 6.29 Å². The Morgan fingerprint density at radius 1 is 1.36 bits per heavy atom. The van der Waals surface area contributed by atoms with Crippen LogP contribution in [-0.4, -0.2) is 12.2 Å². The summed E-state index contributed by atoms with van der Waals surface area (Å²) in [5.41, 5.74) is 0.0227. The molecule has 1 aliphatic rings. The van der Waals surface area contributed by atoms with Crippen molar-refractivity contribution in [3.05, 3.63) is 0 Å². The number of carbonyl (C=O) groups is 1. The summed E-state index contributed by atoms with van der Waals surface area (Å²) in [6, 6.07) is 0. The van der Waals surface area contributed by atoms with Crippen molar-refractivity contribution in [2.24, 2.45) is 5.41 Å². The Morgan fingerprint density at radius 3 is 2.45 bits per heavy atom. The third-order valence-corrected chi connectivity index (χ3v) is 2.92. The second-order valence-corrected chi connectivity index (χ2v) is 3.86. The van der Waals surface area contributed by atoms with Gasteiger partial charge in [-0.1, -0.05) is 12.8 Å². The van der Waals surface area contributed by atoms with E-state index in [0.717, 1.165) is 32.0 Å². The van der Waals surface area contributed by atoms with Gasteiger partial charge in [-0.25, -0.2) is 0 Å². The van der Waals surface area contributed by atoms with Gasteiger partial charge in [0.2, 0.25) is 0 Å². The number of halogens is 1. The van der Waals surface area contributed by atoms with Crippen molar-refractivity contribution in [2.45, 2.75) is 38.5 Å². The number of aldehydes is 1. The summed E-state index contributed by atoms with van der Waals surface area (Å²) in [5.74, 6) is 0.690. The smallest absolute Gasteiger partial charge is 0.126 e. The van der Waals surface area contributed by atoms with Crippen LogP contribution in [0.2, 0.25) is 0 Å². The molecule has 1 fully saturated rings. The zero-order valence-electron chi connectivity index (χ0n) is 6.81. The fourth-order valence-corrected chi connectivity index (χ4v) is 2.06. The molecule has 0 aromatic heterocycles. The predicted molar refractivity (Wildman–Crippen MR) is 46.9 cm³/mol. The van der Waals surface area contributed by atoms with Crippen molar-refractivity contribution in [1.29, 1.82) is 0 Å². The lowest BCUT2D eigenvalue weighted by Crippen LogP contribution is -2.17. The Kier molecular flexibility index (Phi) is 3.38. The minimum Gasteiger partial charge on any atom is -0.303 e. The lowest BCUT2D eigenvalue weighted by molar-refractivity contribution is -0.116. The molecule has 0 aromatic rings. The number of hydrogen-bond acceptors (Lipinski definition) is 1. The molecule has 0 spiro atoms. The van der Waals surface area contributed by atoms with Crippen molar-refractivity contribution in [1.82, 2.24) is 0 Å². The first-order chi connectivity index (χ1) is 5.33. The van der Waals surface area contributed by atoms with Gasteiger partial charge in [0.25, 0.3) is 0 Å². The summed E-state index contributed by atoms with van der Waals surface area (Å²) in [4.78, 5) is 10.8. The Morgan fingerprint density at radius 2 is 2.00 bits per heavy atom. The van der Waals surface area contributed by atoms with Crippen LogP contribution in [0.5, 0.6) is 0 Å². The standard InChI is InChI=1S/C9H15ClO/c10-7-3-6-9(8-11)4-1-2-5-9/h8H,1-7H2. The molecular weight excluding hydrogens is 160 g/mol. The number of rotatable bonds is 4. The van der Waals surface area contributed by atoms with Gasteiger partial charge in [-0.05, 0) is 25.7 Å². The van der Waals surface area contributed by atoms with Crippen LogP contribution in [0.15, 0.2) is 0 Å². The van der Waals surface area contributed by atoms with Crippen molar-refractivity contribution in [3.8, 4) is 0 Å². The lowest BCUT2D eigenvalue weighted by atomic mass is 9.83. The average molecular weight is 175 g/mol. The molecule has 0 bridgehead atoms. The van der Waals surface area contributed by atoms with E-state index in [4.69, 9.17) is 11.6 Å². The Balaban J connectivity index is 2.39. The minimum atomic E-state index is 0.0227. The number of alkyl halides is 1. The molecule has 0 N–H and O–H groups in total. The SMILES string of the molecule is O=CC1(CCCCl)CCCC1. The Labute approximate surface area is 73.1 Å². The lowest BCUT2D eigenvalue weighted by Gasteiger charge is -2.20. The molecule has 1 nitrogen and oxygen atoms in total. The van der Waals surface area contributed by atoms with E-state index in [2.05, 4.69) is 0 Å². The monoisotopic (exact) mass is 174 g/mol. The highest BCUT2D eigenvalue weighted by Crippen LogP contribution is 2.39. The molecule has 0 radical (unpaired) electrons. The maximum atomic E-state index is 10.8. The normalized spacial score (nSPS) is 21.9. The highest BCUT2D eigenvalue weighted by Gasteiger charge is 2.32. The molecule has 0 saturated heterocycles. The molecule has 0 amide bonds. The van der Waals surface area contributed by atoms with E-state index in [0.29, 0.717) is 5.88 Å². The summed E-state index contributed by atoms with van der Waals surface area (Å²) in [6.07, 6.45) is 7.77. The molecule has 1 saturated carbocycles. The molecule has 1 rings (SSSR count). The Bertz CT molecular complexity index is 128. The third-order valence-electron chi connectivity index (χ3n) is 2.66. The largest absolute Gasteiger partial charge is 0.303 e. The van der Waals surface area contributed by atoms with Gasteiger partial charge in [0.05, 0.1) is 0 Å². The van der Waals surface area contributed by atoms with Crippen molar-refractivity contribution in [3.63, 3.8) is 0 Å². The molecular formula is C9H15ClO. The molecule has 0 aliphatic heterocycles. The van der Waals surface area contributed by atoms with E-state index in [9.17, 15) is 4.79 Å². The van der Waals surface area contributed by atoms with Crippen LogP contribution in [0.1, 0.15) is 38.5 Å². The number of carbonyl (C=O) groups excluding carboxylic acids is 1. The highest BCUT2D eigenvalue weighted by atomic mass is 35.5. The number of hydrogen-bond donors (Lipinski definition) is 0. The highest BCUT2D eigenvalue weighted by molar-refractivity contribution is 6.17. The van der Waals surface area contributed by atoms with Crippen LogP contribution in [0, 0.1) is 5.41 Å². The fraction of sp³-hybridized carbons (Fsp3) is 0.889. The van der Waals surface area contributed by atoms with E-state index in [1.807, 2.05) is 0 Å². The molecule has 0 aromatic carbocycles. The van der Waals surface area contributed by atoms with Crippen LogP contribution >= 0.6 is 11.6 Å². The van der Waals surface area contributed by atoms with Gasteiger partial charge >= 0.3 is 0 Å². The minimum absolute atomic E-state index is 0.0227. The molecule has 64 valence electrons. The zero-order chi connectivity index (χ0) is 8.16. The van der Waals surface area contributed by atoms with Crippen molar-refractivity contribution < 1.29 is 4.79 Å². The van der Waals surface area contributed by atoms with Crippen molar-refractivity contribution in [2.75, 3.05) is 5.88 Å². The van der Waals surface area contributed by atoms with Gasteiger partial charge in [-0.2, -0.15) is 0 Å². The van der Waals surface area contributed by atoms with E-state index in [1.165, 1.54) is 12.8 Å². The fourth-order valence-electron chi connectivity index (χ4n) is 1.92. The summed E-state index contributed by atoms with van der Waals surface area (Å²) in [7, 11) is 0. The van der Waals surface area contributed by atoms with E-state index in [1.54, 1.807) is 0 Å². The topological polar surface area (TPSA) is 17.1 Å². The molecule has 2 heteroatoms. The predicted octanol–water partition coefficient (Wildman–Crippen LogP) is 2.76. The zero-order valence-corrected chi connectivity index (χ0v) is 7.57. The van der Waals surface area contributed by atoms with Gasteiger partial charge in [-0.15, -0.1) is 11.6 Å². The molecule has 0 atom stereocenters. The summed E-state index contributed by atoms with van der Waals surface area (Å²) in [6.45, 7) is 0. The second kappa shape index (κ2) is 4.10. The van der Waals surface area contributed by atoms with Crippen LogP contribution in [-0.2, 0) is 4.79 Å². The molecule has 11 heavy (non-hydrogen) atoms. The Hall–Kier alpha value is -0.0400. The maximum Gasteiger partial charge on any atom is 0.126 e. The van der Waals surface area contributed by atoms with E-state index >= 15 is 0 Å². The van der Waals surface area contributed by atoms with Gasteiger partial charge in [-0.3, -0.25) is 0 Å². The van der Waals surface area contributed by atoms with E-state index < -0.39 is 0 Å².